The number of unbranched alkanes of at least 4 members (excludes halogenated alkanes) is 20. The SMILES string of the molecule is CCCCCCCCc1ccsc1-c1cc(CCCCCCCC)c(-c2cc(-c3nnc(-c4ccc(C(C)(C)C)cc4)o3)c(-c3sc(-c4sccc4CCCCCCCC)cc3CCCCCCCC)cc2-c2nnc(-c3ccc(C(C)(C)C)cc3)o2)s1. The number of aryl methyl sites for hydroxylation is 4. The average molecular weight is 1260 g/mol. The van der Waals surface area contributed by atoms with E-state index >= 15 is 0 Å². The number of hydrogen-bond acceptors (Lipinski definition) is 10. The number of nitrogens with zero attached hydrogens (tertiary/aromatic N) is 4. The predicted octanol–water partition coefficient (Wildman–Crippen LogP) is 26.2. The summed E-state index contributed by atoms with van der Waals surface area (Å²) in [5.74, 6) is 2.05. The minimum atomic E-state index is 0.0149. The molecule has 0 spiro atoms. The smallest absolute Gasteiger partial charge is 0.248 e. The van der Waals surface area contributed by atoms with Crippen molar-refractivity contribution in [2.75, 3.05) is 0 Å². The lowest BCUT2D eigenvalue weighted by molar-refractivity contribution is 0.581. The maximum Gasteiger partial charge on any atom is 0.248 e. The van der Waals surface area contributed by atoms with Gasteiger partial charge in [0.1, 0.15) is 0 Å². The first kappa shape index (κ1) is 67.1. The highest BCUT2D eigenvalue weighted by Crippen LogP contribution is 2.52. The molecule has 0 aliphatic carbocycles. The van der Waals surface area contributed by atoms with Crippen LogP contribution in [-0.4, -0.2) is 20.4 Å². The van der Waals surface area contributed by atoms with E-state index in [2.05, 4.69) is 165 Å². The second-order valence-corrected chi connectivity index (χ2v) is 30.9. The Balaban J connectivity index is 1.25. The molecule has 0 aliphatic rings. The molecule has 0 N–H and O–H groups in total. The Morgan fingerprint density at radius 3 is 0.955 bits per heavy atom. The van der Waals surface area contributed by atoms with E-state index < -0.39 is 0 Å². The summed E-state index contributed by atoms with van der Waals surface area (Å²) in [6, 6.07) is 32.0. The molecular weight excluding hydrogens is 1150 g/mol. The van der Waals surface area contributed by atoms with E-state index in [0.29, 0.717) is 23.6 Å². The summed E-state index contributed by atoms with van der Waals surface area (Å²) in [5.41, 5.74) is 14.0. The van der Waals surface area contributed by atoms with Crippen molar-refractivity contribution >= 4 is 45.3 Å². The molecule has 9 rings (SSSR count). The van der Waals surface area contributed by atoms with Gasteiger partial charge in [-0.25, -0.2) is 0 Å². The van der Waals surface area contributed by atoms with Crippen molar-refractivity contribution in [3.63, 3.8) is 0 Å². The van der Waals surface area contributed by atoms with Crippen molar-refractivity contribution in [3.8, 4) is 86.2 Å². The molecule has 0 unspecified atom stereocenters. The van der Waals surface area contributed by atoms with Gasteiger partial charge in [0.25, 0.3) is 0 Å². The topological polar surface area (TPSA) is 77.8 Å². The van der Waals surface area contributed by atoms with Gasteiger partial charge in [-0.05, 0) is 167 Å². The maximum atomic E-state index is 7.06. The van der Waals surface area contributed by atoms with E-state index in [1.807, 2.05) is 45.3 Å². The minimum absolute atomic E-state index is 0.0149. The third kappa shape index (κ3) is 18.0. The molecule has 10 heteroatoms. The highest BCUT2D eigenvalue weighted by atomic mass is 32.1. The summed E-state index contributed by atoms with van der Waals surface area (Å²) in [4.78, 5) is 7.97. The molecule has 0 amide bonds. The summed E-state index contributed by atoms with van der Waals surface area (Å²) in [5, 5.41) is 24.5. The van der Waals surface area contributed by atoms with Crippen LogP contribution in [0.3, 0.4) is 0 Å². The van der Waals surface area contributed by atoms with Gasteiger partial charge in [-0.3, -0.25) is 0 Å². The number of aromatic nitrogens is 4. The fraction of sp³-hybridized carbons (Fsp3) is 0.513. The van der Waals surface area contributed by atoms with Crippen molar-refractivity contribution < 1.29 is 8.83 Å². The van der Waals surface area contributed by atoms with E-state index in [1.54, 1.807) is 0 Å². The maximum absolute atomic E-state index is 7.06. The number of thiophene rings is 4. The molecule has 470 valence electrons. The molecule has 0 radical (unpaired) electrons. The van der Waals surface area contributed by atoms with Crippen LogP contribution >= 0.6 is 45.3 Å². The van der Waals surface area contributed by atoms with Gasteiger partial charge < -0.3 is 8.83 Å². The molecule has 9 aromatic rings. The van der Waals surface area contributed by atoms with Crippen LogP contribution in [0.4, 0.5) is 0 Å². The second-order valence-electron chi connectivity index (χ2n) is 27.0. The third-order valence-corrected chi connectivity index (χ3v) is 22.4. The van der Waals surface area contributed by atoms with Gasteiger partial charge in [0.05, 0.1) is 0 Å². The summed E-state index contributed by atoms with van der Waals surface area (Å²) in [6.07, 6.45) is 34.5. The molecule has 0 atom stereocenters. The van der Waals surface area contributed by atoms with Crippen LogP contribution < -0.4 is 0 Å². The molecule has 6 aromatic heterocycles. The second kappa shape index (κ2) is 33.2. The first-order chi connectivity index (χ1) is 42.8. The van der Waals surface area contributed by atoms with Crippen LogP contribution in [0, 0.1) is 0 Å². The Bertz CT molecular complexity index is 3280. The minimum Gasteiger partial charge on any atom is -0.416 e. The monoisotopic (exact) mass is 1250 g/mol. The van der Waals surface area contributed by atoms with E-state index in [4.69, 9.17) is 29.2 Å². The van der Waals surface area contributed by atoms with Gasteiger partial charge in [0.2, 0.25) is 23.6 Å². The van der Waals surface area contributed by atoms with Gasteiger partial charge in [-0.15, -0.1) is 65.7 Å². The molecule has 0 saturated carbocycles. The normalized spacial score (nSPS) is 12.1. The van der Waals surface area contributed by atoms with Crippen LogP contribution in [0.25, 0.3) is 86.2 Å². The fourth-order valence-electron chi connectivity index (χ4n) is 12.2. The number of benzene rings is 3. The average Bonchev–Trinajstić information content (AvgIpc) is 3.36. The van der Waals surface area contributed by atoms with Crippen molar-refractivity contribution in [3.05, 3.63) is 129 Å². The first-order valence-electron chi connectivity index (χ1n) is 34.2. The van der Waals surface area contributed by atoms with Crippen molar-refractivity contribution in [1.29, 1.82) is 0 Å². The first-order valence-corrected chi connectivity index (χ1v) is 37.6. The lowest BCUT2D eigenvalue weighted by Gasteiger charge is -2.18. The van der Waals surface area contributed by atoms with Gasteiger partial charge in [-0.2, -0.15) is 0 Å². The molecule has 6 nitrogen and oxygen atoms in total. The van der Waals surface area contributed by atoms with Crippen molar-refractivity contribution in [1.82, 2.24) is 20.4 Å². The summed E-state index contributed by atoms with van der Waals surface area (Å²) in [7, 11) is 0. The van der Waals surface area contributed by atoms with Crippen LogP contribution in [0.2, 0.25) is 0 Å². The Morgan fingerprint density at radius 2 is 0.625 bits per heavy atom. The van der Waals surface area contributed by atoms with Crippen molar-refractivity contribution in [2.24, 2.45) is 0 Å². The summed E-state index contributed by atoms with van der Waals surface area (Å²) in [6.45, 7) is 22.8. The summed E-state index contributed by atoms with van der Waals surface area (Å²) >= 11 is 7.65. The lowest BCUT2D eigenvalue weighted by atomic mass is 9.87. The van der Waals surface area contributed by atoms with Crippen LogP contribution in [0.5, 0.6) is 0 Å². The van der Waals surface area contributed by atoms with Crippen molar-refractivity contribution in [2.45, 2.75) is 260 Å². The summed E-state index contributed by atoms with van der Waals surface area (Å²) < 4.78 is 14.1. The van der Waals surface area contributed by atoms with E-state index in [0.717, 1.165) is 71.9 Å². The van der Waals surface area contributed by atoms with E-state index in [9.17, 15) is 0 Å². The zero-order chi connectivity index (χ0) is 61.9. The Hall–Kier alpha value is -5.26. The molecule has 0 saturated heterocycles. The zero-order valence-electron chi connectivity index (χ0n) is 55.3. The third-order valence-electron chi connectivity index (χ3n) is 17.7. The number of rotatable bonds is 36. The Labute approximate surface area is 545 Å². The lowest BCUT2D eigenvalue weighted by Crippen LogP contribution is -2.10. The van der Waals surface area contributed by atoms with Crippen LogP contribution in [0.1, 0.15) is 257 Å². The highest BCUT2D eigenvalue weighted by Gasteiger charge is 2.29. The van der Waals surface area contributed by atoms with Gasteiger partial charge in [0.15, 0.2) is 0 Å². The quantitative estimate of drug-likeness (QED) is 0.0364. The van der Waals surface area contributed by atoms with E-state index in [-0.39, 0.29) is 10.8 Å². The van der Waals surface area contributed by atoms with Gasteiger partial charge in [0, 0.05) is 62.6 Å². The molecule has 0 bridgehead atoms. The molecule has 88 heavy (non-hydrogen) atoms. The largest absolute Gasteiger partial charge is 0.416 e. The molecule has 3 aromatic carbocycles. The molecule has 6 heterocycles. The van der Waals surface area contributed by atoms with Crippen LogP contribution in [-0.2, 0) is 36.5 Å². The molecule has 0 fully saturated rings. The Kier molecular flexibility index (Phi) is 25.3. The van der Waals surface area contributed by atoms with Crippen LogP contribution in [0.15, 0.2) is 105 Å². The molecular formula is C78H102N4O2S4. The predicted molar refractivity (Wildman–Crippen MR) is 383 cm³/mol. The fourth-order valence-corrected chi connectivity index (χ4v) is 16.9. The van der Waals surface area contributed by atoms with E-state index in [1.165, 1.54) is 204 Å². The van der Waals surface area contributed by atoms with Gasteiger partial charge >= 0.3 is 0 Å². The van der Waals surface area contributed by atoms with Gasteiger partial charge in [-0.1, -0.05) is 222 Å². The standard InChI is InChI=1S/C78H102N4O2S4/c1-11-15-19-23-27-31-35-55-47-49-85-71(55)67-51-59(37-33-29-25-21-17-13-3)69(87-67)63-53-66(76-82-80-74(84-76)58-41-45-62(46-42-58)78(8,9)10)64(54-65(63)75-81-79-73(83-75)57-39-43-61(44-40-57)77(5,6)7)70-60(38-34-30-26-22-18-14-4)52-68(88-70)72-56(48-50-86-72)36-32-28-24-20-16-12-2/h39-54H,11-38H2,1-10H3. The Morgan fingerprint density at radius 1 is 0.318 bits per heavy atom. The highest BCUT2D eigenvalue weighted by molar-refractivity contribution is 7.24. The molecule has 0 aliphatic heterocycles. The zero-order valence-corrected chi connectivity index (χ0v) is 58.5. The number of hydrogen-bond donors (Lipinski definition) is 0.